The van der Waals surface area contributed by atoms with Crippen molar-refractivity contribution in [1.82, 2.24) is 4.98 Å². The van der Waals surface area contributed by atoms with Crippen LogP contribution < -0.4 is 4.74 Å². The van der Waals surface area contributed by atoms with E-state index >= 15 is 0 Å². The Balaban J connectivity index is 2.51. The highest BCUT2D eigenvalue weighted by molar-refractivity contribution is 9.10. The SMILES string of the molecule is Cc1cc(Br)cnc1OCCC(C)C. The summed E-state index contributed by atoms with van der Waals surface area (Å²) in [6.45, 7) is 7.12. The fraction of sp³-hybridized carbons (Fsp3) is 0.545. The average molecular weight is 258 g/mol. The Labute approximate surface area is 93.8 Å². The minimum Gasteiger partial charge on any atom is -0.477 e. The first kappa shape index (κ1) is 11.5. The molecule has 0 N–H and O–H groups in total. The Kier molecular flexibility index (Phi) is 4.39. The molecule has 1 aromatic heterocycles. The first-order chi connectivity index (χ1) is 6.59. The Hall–Kier alpha value is -0.570. The van der Waals surface area contributed by atoms with Crippen molar-refractivity contribution in [2.45, 2.75) is 27.2 Å². The fourth-order valence-electron chi connectivity index (χ4n) is 1.07. The van der Waals surface area contributed by atoms with Crippen LogP contribution in [0.25, 0.3) is 0 Å². The van der Waals surface area contributed by atoms with Crippen LogP contribution in [0.4, 0.5) is 0 Å². The van der Waals surface area contributed by atoms with Crippen molar-refractivity contribution in [1.29, 1.82) is 0 Å². The van der Waals surface area contributed by atoms with Crippen LogP contribution in [0.15, 0.2) is 16.7 Å². The molecule has 2 nitrogen and oxygen atoms in total. The zero-order chi connectivity index (χ0) is 10.6. The maximum Gasteiger partial charge on any atom is 0.216 e. The van der Waals surface area contributed by atoms with Crippen LogP contribution in [0.1, 0.15) is 25.8 Å². The van der Waals surface area contributed by atoms with Gasteiger partial charge in [0.15, 0.2) is 0 Å². The lowest BCUT2D eigenvalue weighted by atomic mass is 10.1. The Morgan fingerprint density at radius 2 is 2.21 bits per heavy atom. The van der Waals surface area contributed by atoms with E-state index in [1.54, 1.807) is 6.20 Å². The highest BCUT2D eigenvalue weighted by Gasteiger charge is 2.02. The molecule has 0 amide bonds. The first-order valence-corrected chi connectivity index (χ1v) is 5.64. The Morgan fingerprint density at radius 3 is 2.79 bits per heavy atom. The van der Waals surface area contributed by atoms with Gasteiger partial charge in [-0.3, -0.25) is 0 Å². The molecular formula is C11H16BrNO. The molecule has 0 aliphatic heterocycles. The number of hydrogen-bond acceptors (Lipinski definition) is 2. The third-order valence-electron chi connectivity index (χ3n) is 1.93. The average Bonchev–Trinajstić information content (AvgIpc) is 2.08. The quantitative estimate of drug-likeness (QED) is 0.823. The predicted molar refractivity (Wildman–Crippen MR) is 61.6 cm³/mol. The van der Waals surface area contributed by atoms with E-state index in [4.69, 9.17) is 4.74 Å². The van der Waals surface area contributed by atoms with Gasteiger partial charge in [-0.05, 0) is 41.3 Å². The van der Waals surface area contributed by atoms with Gasteiger partial charge in [-0.15, -0.1) is 0 Å². The normalized spacial score (nSPS) is 10.6. The second-order valence-corrected chi connectivity index (χ2v) is 4.72. The maximum atomic E-state index is 5.57. The second kappa shape index (κ2) is 5.35. The molecule has 14 heavy (non-hydrogen) atoms. The minimum atomic E-state index is 0.672. The number of pyridine rings is 1. The molecule has 0 fully saturated rings. The first-order valence-electron chi connectivity index (χ1n) is 4.84. The molecule has 1 rings (SSSR count). The predicted octanol–water partition coefficient (Wildman–Crippen LogP) is 3.58. The van der Waals surface area contributed by atoms with Crippen LogP contribution in [-0.4, -0.2) is 11.6 Å². The van der Waals surface area contributed by atoms with Crippen LogP contribution in [0.2, 0.25) is 0 Å². The third-order valence-corrected chi connectivity index (χ3v) is 2.36. The van der Waals surface area contributed by atoms with Crippen LogP contribution in [0.3, 0.4) is 0 Å². The lowest BCUT2D eigenvalue weighted by molar-refractivity contribution is 0.277. The number of rotatable bonds is 4. The molecule has 0 atom stereocenters. The van der Waals surface area contributed by atoms with Gasteiger partial charge < -0.3 is 4.74 Å². The van der Waals surface area contributed by atoms with Gasteiger partial charge >= 0.3 is 0 Å². The highest BCUT2D eigenvalue weighted by atomic mass is 79.9. The van der Waals surface area contributed by atoms with E-state index < -0.39 is 0 Å². The van der Waals surface area contributed by atoms with E-state index in [1.807, 2.05) is 13.0 Å². The highest BCUT2D eigenvalue weighted by Crippen LogP contribution is 2.19. The van der Waals surface area contributed by atoms with E-state index in [-0.39, 0.29) is 0 Å². The molecule has 0 saturated carbocycles. The topological polar surface area (TPSA) is 22.1 Å². The van der Waals surface area contributed by atoms with E-state index in [9.17, 15) is 0 Å². The van der Waals surface area contributed by atoms with Crippen molar-refractivity contribution in [3.8, 4) is 5.88 Å². The lowest BCUT2D eigenvalue weighted by Gasteiger charge is -2.09. The van der Waals surface area contributed by atoms with Crippen molar-refractivity contribution in [2.75, 3.05) is 6.61 Å². The smallest absolute Gasteiger partial charge is 0.216 e. The molecule has 1 heterocycles. The van der Waals surface area contributed by atoms with Gasteiger partial charge in [0.1, 0.15) is 0 Å². The summed E-state index contributed by atoms with van der Waals surface area (Å²) in [6.07, 6.45) is 2.83. The second-order valence-electron chi connectivity index (χ2n) is 3.81. The molecule has 0 unspecified atom stereocenters. The van der Waals surface area contributed by atoms with Gasteiger partial charge in [0, 0.05) is 16.2 Å². The van der Waals surface area contributed by atoms with Crippen molar-refractivity contribution >= 4 is 15.9 Å². The molecule has 0 bridgehead atoms. The summed E-state index contributed by atoms with van der Waals surface area (Å²) < 4.78 is 6.56. The number of nitrogens with zero attached hydrogens (tertiary/aromatic N) is 1. The van der Waals surface area contributed by atoms with Gasteiger partial charge in [0.25, 0.3) is 0 Å². The van der Waals surface area contributed by atoms with Crippen LogP contribution in [0.5, 0.6) is 5.88 Å². The van der Waals surface area contributed by atoms with Gasteiger partial charge in [-0.25, -0.2) is 4.98 Å². The molecule has 0 radical (unpaired) electrons. The van der Waals surface area contributed by atoms with Gasteiger partial charge in [-0.2, -0.15) is 0 Å². The number of hydrogen-bond donors (Lipinski definition) is 0. The largest absolute Gasteiger partial charge is 0.477 e. The van der Waals surface area contributed by atoms with Gasteiger partial charge in [0.05, 0.1) is 6.61 Å². The molecule has 0 saturated heterocycles. The molecule has 1 aromatic rings. The molecule has 0 aromatic carbocycles. The number of ether oxygens (including phenoxy) is 1. The van der Waals surface area contributed by atoms with E-state index in [0.717, 1.165) is 28.9 Å². The zero-order valence-corrected chi connectivity index (χ0v) is 10.5. The third kappa shape index (κ3) is 3.66. The van der Waals surface area contributed by atoms with E-state index in [2.05, 4.69) is 34.8 Å². The standard InChI is InChI=1S/C11H16BrNO/c1-8(2)4-5-14-11-9(3)6-10(12)7-13-11/h6-8H,4-5H2,1-3H3. The number of aryl methyl sites for hydroxylation is 1. The van der Waals surface area contributed by atoms with Crippen molar-refractivity contribution in [3.63, 3.8) is 0 Å². The zero-order valence-electron chi connectivity index (χ0n) is 8.88. The number of aromatic nitrogens is 1. The van der Waals surface area contributed by atoms with E-state index in [1.165, 1.54) is 0 Å². The lowest BCUT2D eigenvalue weighted by Crippen LogP contribution is -2.03. The van der Waals surface area contributed by atoms with Crippen molar-refractivity contribution in [2.24, 2.45) is 5.92 Å². The minimum absolute atomic E-state index is 0.672. The van der Waals surface area contributed by atoms with Crippen LogP contribution >= 0.6 is 15.9 Å². The summed E-state index contributed by atoms with van der Waals surface area (Å²) in [5.74, 6) is 1.42. The molecule has 0 aliphatic carbocycles. The summed E-state index contributed by atoms with van der Waals surface area (Å²) in [6, 6.07) is 2.01. The van der Waals surface area contributed by atoms with Crippen LogP contribution in [-0.2, 0) is 0 Å². The number of halogens is 1. The molecule has 0 spiro atoms. The van der Waals surface area contributed by atoms with Gasteiger partial charge in [-0.1, -0.05) is 13.8 Å². The molecule has 0 aliphatic rings. The van der Waals surface area contributed by atoms with Crippen LogP contribution in [0, 0.1) is 12.8 Å². The molecule has 78 valence electrons. The Bertz CT molecular complexity index is 299. The summed E-state index contributed by atoms with van der Waals surface area (Å²) in [4.78, 5) is 4.21. The molecular weight excluding hydrogens is 242 g/mol. The van der Waals surface area contributed by atoms with Gasteiger partial charge in [0.2, 0.25) is 5.88 Å². The summed E-state index contributed by atoms with van der Waals surface area (Å²) in [5, 5.41) is 0. The fourth-order valence-corrected chi connectivity index (χ4v) is 1.52. The summed E-state index contributed by atoms with van der Waals surface area (Å²) in [5.41, 5.74) is 1.07. The van der Waals surface area contributed by atoms with E-state index in [0.29, 0.717) is 5.92 Å². The summed E-state index contributed by atoms with van der Waals surface area (Å²) >= 11 is 3.37. The monoisotopic (exact) mass is 257 g/mol. The van der Waals surface area contributed by atoms with Crippen molar-refractivity contribution < 1.29 is 4.74 Å². The Morgan fingerprint density at radius 1 is 1.50 bits per heavy atom. The molecule has 3 heteroatoms. The maximum absolute atomic E-state index is 5.57. The summed E-state index contributed by atoms with van der Waals surface area (Å²) in [7, 11) is 0. The van der Waals surface area contributed by atoms with Crippen molar-refractivity contribution in [3.05, 3.63) is 22.3 Å².